The lowest BCUT2D eigenvalue weighted by atomic mass is 9.89. The number of benzene rings is 2. The van der Waals surface area contributed by atoms with E-state index >= 15 is 0 Å². The summed E-state index contributed by atoms with van der Waals surface area (Å²) in [7, 11) is 0. The highest BCUT2D eigenvalue weighted by molar-refractivity contribution is 5.82. The van der Waals surface area contributed by atoms with Gasteiger partial charge in [-0.05, 0) is 30.4 Å². The molecule has 3 nitrogen and oxygen atoms in total. The Bertz CT molecular complexity index is 660. The minimum absolute atomic E-state index is 0.0937. The van der Waals surface area contributed by atoms with Crippen LogP contribution in [-0.4, -0.2) is 15.3 Å². The van der Waals surface area contributed by atoms with Gasteiger partial charge in [0.15, 0.2) is 11.5 Å². The van der Waals surface area contributed by atoms with E-state index in [1.807, 2.05) is 45.0 Å². The van der Waals surface area contributed by atoms with Gasteiger partial charge >= 0.3 is 0 Å². The molecule has 2 aromatic carbocycles. The smallest absolute Gasteiger partial charge is 0.166 e. The molecule has 0 spiro atoms. The zero-order valence-corrected chi connectivity index (χ0v) is 12.8. The summed E-state index contributed by atoms with van der Waals surface area (Å²) in [5.74, 6) is -0.258. The molecule has 0 bridgehead atoms. The minimum Gasteiger partial charge on any atom is -0.507 e. The maximum atomic E-state index is 10.5. The standard InChI is InChI=1S/C18H22O3/c1-4-11-9-7-8-10-14(11)15-12(5-2)16(19)13(6-3)17(20)18(15)21/h7-10,19-21H,4-6H2,1-3H3. The lowest BCUT2D eigenvalue weighted by Gasteiger charge is -2.19. The van der Waals surface area contributed by atoms with Crippen LogP contribution in [0.25, 0.3) is 11.1 Å². The monoisotopic (exact) mass is 286 g/mol. The van der Waals surface area contributed by atoms with Gasteiger partial charge in [0.05, 0.1) is 0 Å². The molecule has 0 unspecified atom stereocenters. The van der Waals surface area contributed by atoms with Crippen molar-refractivity contribution < 1.29 is 15.3 Å². The van der Waals surface area contributed by atoms with E-state index in [2.05, 4.69) is 0 Å². The van der Waals surface area contributed by atoms with Crippen LogP contribution in [0.2, 0.25) is 0 Å². The fourth-order valence-corrected chi connectivity index (χ4v) is 2.86. The summed E-state index contributed by atoms with van der Waals surface area (Å²) in [5, 5.41) is 31.1. The van der Waals surface area contributed by atoms with E-state index in [1.54, 1.807) is 0 Å². The third kappa shape index (κ3) is 2.44. The molecule has 0 atom stereocenters. The number of rotatable bonds is 4. The maximum absolute atomic E-state index is 10.5. The minimum atomic E-state index is -0.215. The van der Waals surface area contributed by atoms with E-state index in [-0.39, 0.29) is 17.2 Å². The van der Waals surface area contributed by atoms with Crippen LogP contribution in [0.15, 0.2) is 24.3 Å². The molecule has 2 rings (SSSR count). The maximum Gasteiger partial charge on any atom is 0.166 e. The van der Waals surface area contributed by atoms with Crippen LogP contribution in [-0.2, 0) is 19.3 Å². The predicted molar refractivity (Wildman–Crippen MR) is 85.0 cm³/mol. The van der Waals surface area contributed by atoms with Crippen molar-refractivity contribution in [2.75, 3.05) is 0 Å². The van der Waals surface area contributed by atoms with Gasteiger partial charge in [0.1, 0.15) is 5.75 Å². The predicted octanol–water partition coefficient (Wildman–Crippen LogP) is 4.16. The van der Waals surface area contributed by atoms with Crippen LogP contribution < -0.4 is 0 Å². The lowest BCUT2D eigenvalue weighted by molar-refractivity contribution is 0.389. The summed E-state index contributed by atoms with van der Waals surface area (Å²) in [5.41, 5.74) is 3.57. The van der Waals surface area contributed by atoms with Crippen molar-refractivity contribution in [2.45, 2.75) is 40.0 Å². The van der Waals surface area contributed by atoms with Gasteiger partial charge < -0.3 is 15.3 Å². The van der Waals surface area contributed by atoms with E-state index in [1.165, 1.54) is 0 Å². The van der Waals surface area contributed by atoms with E-state index in [4.69, 9.17) is 0 Å². The molecule has 0 aromatic heterocycles. The molecule has 21 heavy (non-hydrogen) atoms. The second-order valence-corrected chi connectivity index (χ2v) is 5.10. The highest BCUT2D eigenvalue weighted by Gasteiger charge is 2.23. The van der Waals surface area contributed by atoms with Gasteiger partial charge in [-0.1, -0.05) is 45.0 Å². The van der Waals surface area contributed by atoms with Gasteiger partial charge in [0.2, 0.25) is 0 Å². The summed E-state index contributed by atoms with van der Waals surface area (Å²) >= 11 is 0. The van der Waals surface area contributed by atoms with Gasteiger partial charge in [-0.3, -0.25) is 0 Å². The van der Waals surface area contributed by atoms with Crippen molar-refractivity contribution in [3.05, 3.63) is 41.0 Å². The fourth-order valence-electron chi connectivity index (χ4n) is 2.86. The van der Waals surface area contributed by atoms with Crippen molar-refractivity contribution in [2.24, 2.45) is 0 Å². The largest absolute Gasteiger partial charge is 0.507 e. The molecule has 112 valence electrons. The number of phenolic OH excluding ortho intramolecular Hbond substituents is 3. The Morgan fingerprint density at radius 3 is 1.90 bits per heavy atom. The van der Waals surface area contributed by atoms with Crippen LogP contribution in [0.1, 0.15) is 37.5 Å². The Balaban J connectivity index is 2.86. The molecular weight excluding hydrogens is 264 g/mol. The molecule has 2 aromatic rings. The average molecular weight is 286 g/mol. The van der Waals surface area contributed by atoms with Crippen LogP contribution in [0.5, 0.6) is 17.2 Å². The fraction of sp³-hybridized carbons (Fsp3) is 0.333. The highest BCUT2D eigenvalue weighted by Crippen LogP contribution is 2.48. The van der Waals surface area contributed by atoms with E-state index in [0.29, 0.717) is 29.5 Å². The first-order valence-electron chi connectivity index (χ1n) is 7.43. The number of aryl methyl sites for hydroxylation is 1. The van der Waals surface area contributed by atoms with Gasteiger partial charge in [0.25, 0.3) is 0 Å². The van der Waals surface area contributed by atoms with Crippen molar-refractivity contribution in [1.82, 2.24) is 0 Å². The molecule has 0 saturated carbocycles. The third-order valence-corrected chi connectivity index (χ3v) is 4.00. The van der Waals surface area contributed by atoms with Gasteiger partial charge in [-0.25, -0.2) is 0 Å². The van der Waals surface area contributed by atoms with Crippen LogP contribution in [0.4, 0.5) is 0 Å². The van der Waals surface area contributed by atoms with Gasteiger partial charge in [0, 0.05) is 16.7 Å². The Morgan fingerprint density at radius 2 is 1.33 bits per heavy atom. The Labute approximate surface area is 125 Å². The van der Waals surface area contributed by atoms with E-state index in [0.717, 1.165) is 17.5 Å². The second kappa shape index (κ2) is 6.08. The molecule has 0 saturated heterocycles. The molecule has 0 radical (unpaired) electrons. The lowest BCUT2D eigenvalue weighted by Crippen LogP contribution is -1.97. The first-order valence-corrected chi connectivity index (χ1v) is 7.43. The van der Waals surface area contributed by atoms with Crippen molar-refractivity contribution in [1.29, 1.82) is 0 Å². The van der Waals surface area contributed by atoms with Crippen molar-refractivity contribution in [3.8, 4) is 28.4 Å². The third-order valence-electron chi connectivity index (χ3n) is 4.00. The molecule has 0 fully saturated rings. The Hall–Kier alpha value is -2.16. The summed E-state index contributed by atoms with van der Waals surface area (Å²) < 4.78 is 0. The highest BCUT2D eigenvalue weighted by atomic mass is 16.3. The van der Waals surface area contributed by atoms with E-state index < -0.39 is 0 Å². The SMILES string of the molecule is CCc1ccccc1-c1c(O)c(O)c(CC)c(O)c1CC. The molecule has 3 N–H and O–H groups in total. The normalized spacial score (nSPS) is 10.8. The van der Waals surface area contributed by atoms with Crippen molar-refractivity contribution >= 4 is 0 Å². The number of aromatic hydroxyl groups is 3. The van der Waals surface area contributed by atoms with Gasteiger partial charge in [-0.15, -0.1) is 0 Å². The zero-order valence-electron chi connectivity index (χ0n) is 12.8. The number of hydrogen-bond acceptors (Lipinski definition) is 3. The van der Waals surface area contributed by atoms with E-state index in [9.17, 15) is 15.3 Å². The molecule has 0 aliphatic carbocycles. The number of phenols is 3. The first kappa shape index (κ1) is 15.2. The summed E-state index contributed by atoms with van der Waals surface area (Å²) in [4.78, 5) is 0. The summed E-state index contributed by atoms with van der Waals surface area (Å²) in [6.45, 7) is 5.82. The molecule has 0 amide bonds. The van der Waals surface area contributed by atoms with Crippen molar-refractivity contribution in [3.63, 3.8) is 0 Å². The topological polar surface area (TPSA) is 60.7 Å². The molecule has 0 heterocycles. The average Bonchev–Trinajstić information content (AvgIpc) is 2.51. The summed E-state index contributed by atoms with van der Waals surface area (Å²) in [6, 6.07) is 7.76. The Kier molecular flexibility index (Phi) is 4.41. The molecule has 3 heteroatoms. The van der Waals surface area contributed by atoms with Gasteiger partial charge in [-0.2, -0.15) is 0 Å². The first-order chi connectivity index (χ1) is 10.1. The summed E-state index contributed by atoms with van der Waals surface area (Å²) in [6.07, 6.45) is 1.86. The van der Waals surface area contributed by atoms with Crippen LogP contribution in [0.3, 0.4) is 0 Å². The molecule has 0 aliphatic heterocycles. The number of hydrogen-bond donors (Lipinski definition) is 3. The Morgan fingerprint density at radius 1 is 0.714 bits per heavy atom. The molecule has 0 aliphatic rings. The molecular formula is C18H22O3. The second-order valence-electron chi connectivity index (χ2n) is 5.10. The van der Waals surface area contributed by atoms with Crippen LogP contribution >= 0.6 is 0 Å². The van der Waals surface area contributed by atoms with Crippen LogP contribution in [0, 0.1) is 0 Å². The quantitative estimate of drug-likeness (QED) is 0.584. The zero-order chi connectivity index (χ0) is 15.6.